The SMILES string of the molecule is CNC(=O)c1ccccc1NC(=O)c1ccc(CSc2nc(C)cs2)cc1. The molecule has 0 unspecified atom stereocenters. The highest BCUT2D eigenvalue weighted by atomic mass is 32.2. The average Bonchev–Trinajstić information content (AvgIpc) is 3.12. The standard InChI is InChI=1S/C20H19N3O2S2/c1-13-11-26-20(22-13)27-12-14-7-9-15(10-8-14)18(24)23-17-6-4-3-5-16(17)19(25)21-2/h3-11H,12H2,1-2H3,(H,21,25)(H,23,24). The third-order valence-corrected chi connectivity index (χ3v) is 6.03. The highest BCUT2D eigenvalue weighted by Crippen LogP contribution is 2.26. The topological polar surface area (TPSA) is 71.1 Å². The Hall–Kier alpha value is -2.64. The number of thioether (sulfide) groups is 1. The molecule has 2 N–H and O–H groups in total. The lowest BCUT2D eigenvalue weighted by Crippen LogP contribution is -2.21. The minimum absolute atomic E-state index is 0.240. The van der Waals surface area contributed by atoms with Crippen LogP contribution in [0.15, 0.2) is 58.3 Å². The quantitative estimate of drug-likeness (QED) is 0.607. The van der Waals surface area contributed by atoms with Crippen LogP contribution in [0.4, 0.5) is 5.69 Å². The van der Waals surface area contributed by atoms with E-state index in [1.54, 1.807) is 66.5 Å². The molecular formula is C20H19N3O2S2. The van der Waals surface area contributed by atoms with Crippen molar-refractivity contribution in [2.45, 2.75) is 17.0 Å². The van der Waals surface area contributed by atoms with Crippen LogP contribution in [0.1, 0.15) is 32.0 Å². The fourth-order valence-corrected chi connectivity index (χ4v) is 4.22. The van der Waals surface area contributed by atoms with E-state index in [0.717, 1.165) is 21.3 Å². The summed E-state index contributed by atoms with van der Waals surface area (Å²) in [6.07, 6.45) is 0. The van der Waals surface area contributed by atoms with E-state index in [2.05, 4.69) is 15.6 Å². The third-order valence-electron chi connectivity index (χ3n) is 3.82. The second kappa shape index (κ2) is 8.83. The minimum atomic E-state index is -0.249. The van der Waals surface area contributed by atoms with Crippen molar-refractivity contribution in [2.24, 2.45) is 0 Å². The van der Waals surface area contributed by atoms with Crippen molar-refractivity contribution in [1.82, 2.24) is 10.3 Å². The van der Waals surface area contributed by atoms with Crippen molar-refractivity contribution in [2.75, 3.05) is 12.4 Å². The molecule has 0 aliphatic rings. The van der Waals surface area contributed by atoms with Crippen LogP contribution in [-0.2, 0) is 5.75 Å². The number of amides is 2. The maximum absolute atomic E-state index is 12.5. The normalized spacial score (nSPS) is 10.4. The van der Waals surface area contributed by atoms with E-state index in [4.69, 9.17) is 0 Å². The Morgan fingerprint density at radius 3 is 2.48 bits per heavy atom. The van der Waals surface area contributed by atoms with Gasteiger partial charge in [0.1, 0.15) is 4.34 Å². The van der Waals surface area contributed by atoms with E-state index in [9.17, 15) is 9.59 Å². The zero-order chi connectivity index (χ0) is 19.2. The molecule has 3 aromatic rings. The molecule has 3 rings (SSSR count). The number of para-hydroxylation sites is 1. The van der Waals surface area contributed by atoms with Crippen LogP contribution in [0.3, 0.4) is 0 Å². The summed E-state index contributed by atoms with van der Waals surface area (Å²) in [5.41, 5.74) is 3.61. The van der Waals surface area contributed by atoms with Crippen molar-refractivity contribution in [1.29, 1.82) is 0 Å². The van der Waals surface area contributed by atoms with E-state index in [1.807, 2.05) is 24.4 Å². The molecule has 0 spiro atoms. The summed E-state index contributed by atoms with van der Waals surface area (Å²) in [7, 11) is 1.56. The molecule has 0 saturated carbocycles. The summed E-state index contributed by atoms with van der Waals surface area (Å²) in [4.78, 5) is 28.9. The zero-order valence-corrected chi connectivity index (χ0v) is 16.6. The first-order chi connectivity index (χ1) is 13.1. The summed E-state index contributed by atoms with van der Waals surface area (Å²) in [6, 6.07) is 14.4. The van der Waals surface area contributed by atoms with Crippen molar-refractivity contribution in [3.05, 3.63) is 76.3 Å². The van der Waals surface area contributed by atoms with Crippen LogP contribution in [0.2, 0.25) is 0 Å². The Labute approximate surface area is 166 Å². The second-order valence-electron chi connectivity index (χ2n) is 5.82. The minimum Gasteiger partial charge on any atom is -0.355 e. The number of thiazole rings is 1. The molecule has 1 heterocycles. The first-order valence-electron chi connectivity index (χ1n) is 8.33. The number of anilines is 1. The lowest BCUT2D eigenvalue weighted by Gasteiger charge is -2.10. The fourth-order valence-electron chi connectivity index (χ4n) is 2.42. The van der Waals surface area contributed by atoms with Crippen LogP contribution in [0.5, 0.6) is 0 Å². The number of hydrogen-bond acceptors (Lipinski definition) is 5. The molecule has 0 radical (unpaired) electrons. The van der Waals surface area contributed by atoms with E-state index in [-0.39, 0.29) is 11.8 Å². The number of rotatable bonds is 6. The maximum atomic E-state index is 12.5. The number of benzene rings is 2. The van der Waals surface area contributed by atoms with Gasteiger partial charge in [-0.25, -0.2) is 4.98 Å². The Balaban J connectivity index is 1.65. The van der Waals surface area contributed by atoms with Crippen LogP contribution in [-0.4, -0.2) is 23.8 Å². The van der Waals surface area contributed by atoms with E-state index in [1.165, 1.54) is 0 Å². The molecule has 0 aliphatic carbocycles. The van der Waals surface area contributed by atoms with Gasteiger partial charge in [-0.05, 0) is 36.8 Å². The number of aromatic nitrogens is 1. The van der Waals surface area contributed by atoms with Gasteiger partial charge in [-0.1, -0.05) is 36.0 Å². The molecule has 0 aliphatic heterocycles. The van der Waals surface area contributed by atoms with Gasteiger partial charge in [0.15, 0.2) is 0 Å². The molecule has 7 heteroatoms. The predicted octanol–water partition coefficient (Wildman–Crippen LogP) is 4.36. The Morgan fingerprint density at radius 1 is 1.07 bits per heavy atom. The lowest BCUT2D eigenvalue weighted by atomic mass is 10.1. The van der Waals surface area contributed by atoms with Gasteiger partial charge in [-0.15, -0.1) is 11.3 Å². The molecule has 5 nitrogen and oxygen atoms in total. The number of nitrogens with zero attached hydrogens (tertiary/aromatic N) is 1. The highest BCUT2D eigenvalue weighted by molar-refractivity contribution is 8.00. The maximum Gasteiger partial charge on any atom is 0.255 e. The van der Waals surface area contributed by atoms with Crippen LogP contribution >= 0.6 is 23.1 Å². The number of nitrogens with one attached hydrogen (secondary N) is 2. The third kappa shape index (κ3) is 4.96. The summed E-state index contributed by atoms with van der Waals surface area (Å²) < 4.78 is 1.04. The zero-order valence-electron chi connectivity index (χ0n) is 15.0. The van der Waals surface area contributed by atoms with Gasteiger partial charge in [0, 0.05) is 29.4 Å². The molecule has 2 amide bonds. The van der Waals surface area contributed by atoms with Crippen LogP contribution < -0.4 is 10.6 Å². The Kier molecular flexibility index (Phi) is 6.26. The Morgan fingerprint density at radius 2 is 1.81 bits per heavy atom. The number of hydrogen-bond donors (Lipinski definition) is 2. The highest BCUT2D eigenvalue weighted by Gasteiger charge is 2.13. The van der Waals surface area contributed by atoms with Crippen LogP contribution in [0.25, 0.3) is 0 Å². The Bertz CT molecular complexity index is 952. The summed E-state index contributed by atoms with van der Waals surface area (Å²) in [5.74, 6) is 0.311. The van der Waals surface area contributed by atoms with Gasteiger partial charge in [0.2, 0.25) is 0 Å². The molecule has 0 atom stereocenters. The molecule has 0 bridgehead atoms. The van der Waals surface area contributed by atoms with Crippen molar-refractivity contribution in [3.63, 3.8) is 0 Å². The molecule has 1 aromatic heterocycles. The predicted molar refractivity (Wildman–Crippen MR) is 111 cm³/mol. The van der Waals surface area contributed by atoms with Crippen molar-refractivity contribution in [3.8, 4) is 0 Å². The van der Waals surface area contributed by atoms with Gasteiger partial charge in [-0.3, -0.25) is 9.59 Å². The average molecular weight is 398 g/mol. The molecule has 2 aromatic carbocycles. The van der Waals surface area contributed by atoms with Crippen molar-refractivity contribution >= 4 is 40.6 Å². The molecule has 138 valence electrons. The van der Waals surface area contributed by atoms with Gasteiger partial charge in [0.05, 0.1) is 11.3 Å². The van der Waals surface area contributed by atoms with E-state index in [0.29, 0.717) is 16.8 Å². The number of carbonyl (C=O) groups is 2. The van der Waals surface area contributed by atoms with Gasteiger partial charge >= 0.3 is 0 Å². The number of aryl methyl sites for hydroxylation is 1. The van der Waals surface area contributed by atoms with Gasteiger partial charge < -0.3 is 10.6 Å². The molecule has 27 heavy (non-hydrogen) atoms. The lowest BCUT2D eigenvalue weighted by molar-refractivity contribution is 0.0964. The first kappa shape index (κ1) is 19.1. The van der Waals surface area contributed by atoms with Gasteiger partial charge in [0.25, 0.3) is 11.8 Å². The largest absolute Gasteiger partial charge is 0.355 e. The molecular weight excluding hydrogens is 378 g/mol. The van der Waals surface area contributed by atoms with Crippen molar-refractivity contribution < 1.29 is 9.59 Å². The fraction of sp³-hybridized carbons (Fsp3) is 0.150. The van der Waals surface area contributed by atoms with E-state index >= 15 is 0 Å². The molecule has 0 fully saturated rings. The monoisotopic (exact) mass is 397 g/mol. The first-order valence-corrected chi connectivity index (χ1v) is 10.2. The number of carbonyl (C=O) groups excluding carboxylic acids is 2. The summed E-state index contributed by atoms with van der Waals surface area (Å²) in [5, 5.41) is 7.42. The summed E-state index contributed by atoms with van der Waals surface area (Å²) in [6.45, 7) is 1.98. The van der Waals surface area contributed by atoms with E-state index < -0.39 is 0 Å². The smallest absolute Gasteiger partial charge is 0.255 e. The summed E-state index contributed by atoms with van der Waals surface area (Å²) >= 11 is 3.32. The van der Waals surface area contributed by atoms with Crippen LogP contribution in [0, 0.1) is 6.92 Å². The van der Waals surface area contributed by atoms with Gasteiger partial charge in [-0.2, -0.15) is 0 Å². The molecule has 0 saturated heterocycles. The second-order valence-corrected chi connectivity index (χ2v) is 7.90.